The Kier molecular flexibility index (Phi) is 4.99. The van der Waals surface area contributed by atoms with Crippen molar-refractivity contribution in [2.24, 2.45) is 5.92 Å². The van der Waals surface area contributed by atoms with Crippen molar-refractivity contribution in [3.8, 4) is 0 Å². The van der Waals surface area contributed by atoms with Crippen LogP contribution in [0.2, 0.25) is 0 Å². The molecule has 0 bridgehead atoms. The van der Waals surface area contributed by atoms with Crippen LogP contribution in [0, 0.1) is 5.92 Å². The molecule has 0 aliphatic carbocycles. The lowest BCUT2D eigenvalue weighted by molar-refractivity contribution is -0.137. The second kappa shape index (κ2) is 6.53. The molecule has 0 saturated carbocycles. The van der Waals surface area contributed by atoms with E-state index < -0.39 is 0 Å². The smallest absolute Gasteiger partial charge is 0.223 e. The molecule has 19 heavy (non-hydrogen) atoms. The number of carbonyl (C=O) groups is 1. The van der Waals surface area contributed by atoms with Crippen LogP contribution in [-0.4, -0.2) is 29.1 Å². The largest absolute Gasteiger partial charge is 0.396 e. The molecular formula is C15H20BrNO2. The number of piperidine rings is 1. The van der Waals surface area contributed by atoms with Crippen molar-refractivity contribution in [2.75, 3.05) is 13.2 Å². The molecule has 2 atom stereocenters. The number of halogens is 1. The standard InChI is InChI=1S/C15H20BrNO2/c1-11(13-2-4-14(16)5-3-13)17-8-6-12(7-9-18)10-15(17)19/h2-5,11-12,18H,6-10H2,1H3. The quantitative estimate of drug-likeness (QED) is 0.923. The second-order valence-electron chi connectivity index (χ2n) is 5.19. The zero-order chi connectivity index (χ0) is 13.8. The molecule has 3 nitrogen and oxygen atoms in total. The summed E-state index contributed by atoms with van der Waals surface area (Å²) < 4.78 is 1.05. The van der Waals surface area contributed by atoms with E-state index in [9.17, 15) is 4.79 Å². The average molecular weight is 326 g/mol. The lowest BCUT2D eigenvalue weighted by Gasteiger charge is -2.36. The van der Waals surface area contributed by atoms with Gasteiger partial charge in [-0.05, 0) is 43.4 Å². The minimum atomic E-state index is 0.121. The lowest BCUT2D eigenvalue weighted by Crippen LogP contribution is -2.40. The number of hydrogen-bond acceptors (Lipinski definition) is 2. The first-order valence-corrected chi connectivity index (χ1v) is 7.57. The van der Waals surface area contributed by atoms with E-state index in [0.717, 1.165) is 29.4 Å². The molecule has 1 aliphatic heterocycles. The lowest BCUT2D eigenvalue weighted by atomic mass is 9.91. The third kappa shape index (κ3) is 3.57. The fourth-order valence-corrected chi connectivity index (χ4v) is 2.94. The van der Waals surface area contributed by atoms with Gasteiger partial charge in [-0.3, -0.25) is 4.79 Å². The Morgan fingerprint density at radius 1 is 1.42 bits per heavy atom. The van der Waals surface area contributed by atoms with Crippen LogP contribution < -0.4 is 0 Å². The molecule has 104 valence electrons. The van der Waals surface area contributed by atoms with Gasteiger partial charge in [-0.15, -0.1) is 0 Å². The monoisotopic (exact) mass is 325 g/mol. The van der Waals surface area contributed by atoms with E-state index in [1.165, 1.54) is 0 Å². The molecule has 2 unspecified atom stereocenters. The zero-order valence-corrected chi connectivity index (χ0v) is 12.8. The third-order valence-corrected chi connectivity index (χ3v) is 4.45. The Hall–Kier alpha value is -0.870. The first kappa shape index (κ1) is 14.5. The maximum absolute atomic E-state index is 12.2. The van der Waals surface area contributed by atoms with E-state index in [1.54, 1.807) is 0 Å². The Labute approximate surface area is 122 Å². The van der Waals surface area contributed by atoms with Crippen LogP contribution in [0.4, 0.5) is 0 Å². The summed E-state index contributed by atoms with van der Waals surface area (Å²) in [7, 11) is 0. The Morgan fingerprint density at radius 2 is 2.11 bits per heavy atom. The van der Waals surface area contributed by atoms with Crippen molar-refractivity contribution in [3.05, 3.63) is 34.3 Å². The number of carbonyl (C=O) groups excluding carboxylic acids is 1. The van der Waals surface area contributed by atoms with E-state index in [2.05, 4.69) is 35.0 Å². The van der Waals surface area contributed by atoms with E-state index in [4.69, 9.17) is 5.11 Å². The number of amides is 1. The van der Waals surface area contributed by atoms with Gasteiger partial charge in [-0.25, -0.2) is 0 Å². The summed E-state index contributed by atoms with van der Waals surface area (Å²) >= 11 is 3.42. The summed E-state index contributed by atoms with van der Waals surface area (Å²) in [6, 6.07) is 8.25. The molecular weight excluding hydrogens is 306 g/mol. The highest BCUT2D eigenvalue weighted by molar-refractivity contribution is 9.10. The van der Waals surface area contributed by atoms with Crippen molar-refractivity contribution in [2.45, 2.75) is 32.2 Å². The highest BCUT2D eigenvalue weighted by atomic mass is 79.9. The molecule has 1 saturated heterocycles. The molecule has 1 aromatic carbocycles. The normalized spacial score (nSPS) is 21.5. The molecule has 1 N–H and O–H groups in total. The Bertz CT molecular complexity index is 432. The predicted molar refractivity (Wildman–Crippen MR) is 78.7 cm³/mol. The van der Waals surface area contributed by atoms with Crippen LogP contribution in [0.3, 0.4) is 0 Å². The second-order valence-corrected chi connectivity index (χ2v) is 6.10. The maximum Gasteiger partial charge on any atom is 0.223 e. The van der Waals surface area contributed by atoms with Crippen LogP contribution in [0.5, 0.6) is 0 Å². The van der Waals surface area contributed by atoms with Crippen LogP contribution in [0.1, 0.15) is 37.8 Å². The molecule has 1 aromatic rings. The molecule has 0 spiro atoms. The van der Waals surface area contributed by atoms with Gasteiger partial charge in [0.25, 0.3) is 0 Å². The first-order chi connectivity index (χ1) is 9.11. The fourth-order valence-electron chi connectivity index (χ4n) is 2.67. The summed E-state index contributed by atoms with van der Waals surface area (Å²) in [5.41, 5.74) is 1.16. The van der Waals surface area contributed by atoms with E-state index in [0.29, 0.717) is 12.3 Å². The van der Waals surface area contributed by atoms with Crippen molar-refractivity contribution < 1.29 is 9.90 Å². The summed E-state index contributed by atoms with van der Waals surface area (Å²) in [6.07, 6.45) is 2.31. The third-order valence-electron chi connectivity index (χ3n) is 3.92. The van der Waals surface area contributed by atoms with Gasteiger partial charge in [0, 0.05) is 24.0 Å². The number of aliphatic hydroxyl groups is 1. The van der Waals surface area contributed by atoms with Gasteiger partial charge in [0.15, 0.2) is 0 Å². The molecule has 2 rings (SSSR count). The predicted octanol–water partition coefficient (Wildman–Crippen LogP) is 3.13. The van der Waals surface area contributed by atoms with Gasteiger partial charge in [-0.1, -0.05) is 28.1 Å². The number of aliphatic hydroxyl groups excluding tert-OH is 1. The van der Waals surface area contributed by atoms with Crippen LogP contribution >= 0.6 is 15.9 Å². The molecule has 0 aromatic heterocycles. The zero-order valence-electron chi connectivity index (χ0n) is 11.2. The number of likely N-dealkylation sites (tertiary alicyclic amines) is 1. The maximum atomic E-state index is 12.2. The highest BCUT2D eigenvalue weighted by Crippen LogP contribution is 2.29. The van der Waals surface area contributed by atoms with Gasteiger partial charge < -0.3 is 10.0 Å². The summed E-state index contributed by atoms with van der Waals surface area (Å²) in [6.45, 7) is 3.05. The fraction of sp³-hybridized carbons (Fsp3) is 0.533. The number of rotatable bonds is 4. The number of hydrogen-bond donors (Lipinski definition) is 1. The first-order valence-electron chi connectivity index (χ1n) is 6.77. The van der Waals surface area contributed by atoms with Gasteiger partial charge in [0.1, 0.15) is 0 Å². The molecule has 1 amide bonds. The van der Waals surface area contributed by atoms with Crippen LogP contribution in [0.15, 0.2) is 28.7 Å². The van der Waals surface area contributed by atoms with Crippen molar-refractivity contribution in [1.82, 2.24) is 4.90 Å². The Morgan fingerprint density at radius 3 is 2.68 bits per heavy atom. The minimum absolute atomic E-state index is 0.121. The molecule has 0 radical (unpaired) electrons. The van der Waals surface area contributed by atoms with Gasteiger partial charge in [-0.2, -0.15) is 0 Å². The summed E-state index contributed by atoms with van der Waals surface area (Å²) in [4.78, 5) is 14.2. The summed E-state index contributed by atoms with van der Waals surface area (Å²) in [5, 5.41) is 8.95. The van der Waals surface area contributed by atoms with Crippen LogP contribution in [-0.2, 0) is 4.79 Å². The SMILES string of the molecule is CC(c1ccc(Br)cc1)N1CCC(CCO)CC1=O. The van der Waals surface area contributed by atoms with E-state index >= 15 is 0 Å². The van der Waals surface area contributed by atoms with Gasteiger partial charge >= 0.3 is 0 Å². The highest BCUT2D eigenvalue weighted by Gasteiger charge is 2.29. The van der Waals surface area contributed by atoms with E-state index in [-0.39, 0.29) is 18.6 Å². The topological polar surface area (TPSA) is 40.5 Å². The molecule has 1 aliphatic rings. The molecule has 4 heteroatoms. The van der Waals surface area contributed by atoms with Crippen molar-refractivity contribution in [3.63, 3.8) is 0 Å². The van der Waals surface area contributed by atoms with Gasteiger partial charge in [0.05, 0.1) is 6.04 Å². The molecule has 1 fully saturated rings. The number of nitrogens with zero attached hydrogens (tertiary/aromatic N) is 1. The Balaban J connectivity index is 2.02. The van der Waals surface area contributed by atoms with Crippen LogP contribution in [0.25, 0.3) is 0 Å². The van der Waals surface area contributed by atoms with Gasteiger partial charge in [0.2, 0.25) is 5.91 Å². The summed E-state index contributed by atoms with van der Waals surface area (Å²) in [5.74, 6) is 0.561. The van der Waals surface area contributed by atoms with E-state index in [1.807, 2.05) is 17.0 Å². The number of benzene rings is 1. The van der Waals surface area contributed by atoms with Crippen molar-refractivity contribution >= 4 is 21.8 Å². The molecule has 1 heterocycles. The van der Waals surface area contributed by atoms with Crippen molar-refractivity contribution in [1.29, 1.82) is 0 Å². The minimum Gasteiger partial charge on any atom is -0.396 e. The average Bonchev–Trinajstić information content (AvgIpc) is 2.39.